The van der Waals surface area contributed by atoms with Crippen LogP contribution in [0.4, 0.5) is 15.8 Å². The van der Waals surface area contributed by atoms with E-state index in [0.717, 1.165) is 25.3 Å². The summed E-state index contributed by atoms with van der Waals surface area (Å²) < 4.78 is 13.8. The molecule has 1 aliphatic rings. The van der Waals surface area contributed by atoms with Gasteiger partial charge in [0.15, 0.2) is 0 Å². The molecule has 5 nitrogen and oxygen atoms in total. The minimum atomic E-state index is -0.627. The van der Waals surface area contributed by atoms with E-state index in [-0.39, 0.29) is 16.2 Å². The van der Waals surface area contributed by atoms with Crippen molar-refractivity contribution in [2.45, 2.75) is 32.2 Å². The Morgan fingerprint density at radius 2 is 2.29 bits per heavy atom. The number of piperidine rings is 1. The van der Waals surface area contributed by atoms with Crippen LogP contribution in [-0.4, -0.2) is 24.1 Å². The maximum Gasteiger partial charge on any atom is 0.295 e. The Morgan fingerprint density at radius 3 is 2.86 bits per heavy atom. The first-order valence-electron chi connectivity index (χ1n) is 7.08. The minimum Gasteiger partial charge on any atom is -0.362 e. The summed E-state index contributed by atoms with van der Waals surface area (Å²) in [5, 5.41) is 11.2. The molecule has 0 bridgehead atoms. The van der Waals surface area contributed by atoms with Crippen molar-refractivity contribution in [2.24, 2.45) is 11.7 Å². The number of benzene rings is 1. The zero-order chi connectivity index (χ0) is 15.6. The fourth-order valence-electron chi connectivity index (χ4n) is 2.95. The zero-order valence-corrected chi connectivity index (χ0v) is 13.5. The molecule has 1 aromatic carbocycles. The number of halogens is 2. The fraction of sp³-hybridized carbons (Fsp3) is 0.571. The molecule has 0 amide bonds. The Morgan fingerprint density at radius 1 is 1.57 bits per heavy atom. The predicted octanol–water partition coefficient (Wildman–Crippen LogP) is 3.45. The summed E-state index contributed by atoms with van der Waals surface area (Å²) in [6, 6.07) is 2.51. The number of nitrogens with two attached hydrogens (primary N) is 1. The lowest BCUT2D eigenvalue weighted by Crippen LogP contribution is -2.47. The second-order valence-electron chi connectivity index (χ2n) is 5.39. The smallest absolute Gasteiger partial charge is 0.295 e. The molecular formula is C14H19BrFN3O2. The van der Waals surface area contributed by atoms with Gasteiger partial charge >= 0.3 is 0 Å². The van der Waals surface area contributed by atoms with Gasteiger partial charge in [0, 0.05) is 19.1 Å². The Bertz CT molecular complexity index is 541. The molecule has 116 valence electrons. The number of nitrogens with zero attached hydrogens (tertiary/aromatic N) is 2. The highest BCUT2D eigenvalue weighted by atomic mass is 79.9. The zero-order valence-electron chi connectivity index (χ0n) is 11.9. The third kappa shape index (κ3) is 3.35. The normalized spacial score (nSPS) is 22.4. The first-order valence-corrected chi connectivity index (χ1v) is 7.87. The lowest BCUT2D eigenvalue weighted by molar-refractivity contribution is -0.384. The molecule has 0 radical (unpaired) electrons. The van der Waals surface area contributed by atoms with Gasteiger partial charge in [0.25, 0.3) is 5.69 Å². The maximum absolute atomic E-state index is 13.6. The first-order chi connectivity index (χ1) is 9.97. The van der Waals surface area contributed by atoms with Gasteiger partial charge in [-0.05, 0) is 40.8 Å². The second-order valence-corrected chi connectivity index (χ2v) is 6.25. The first kappa shape index (κ1) is 16.2. The third-order valence-corrected chi connectivity index (χ3v) is 4.81. The standard InChI is InChI=1S/C14H19BrFN3O2/c1-2-9-3-4-18(10(5-9)8-17)13-6-11(15)12(16)7-14(13)19(20)21/h6-7,9-10H,2-5,8,17H2,1H3. The predicted molar refractivity (Wildman–Crippen MR) is 84.0 cm³/mol. The molecular weight excluding hydrogens is 341 g/mol. The van der Waals surface area contributed by atoms with E-state index in [1.807, 2.05) is 4.90 Å². The van der Waals surface area contributed by atoms with Gasteiger partial charge in [0.05, 0.1) is 15.5 Å². The Labute approximate surface area is 131 Å². The van der Waals surface area contributed by atoms with Crippen LogP contribution in [0.25, 0.3) is 0 Å². The molecule has 2 rings (SSSR count). The third-order valence-electron chi connectivity index (χ3n) is 4.20. The van der Waals surface area contributed by atoms with Crippen molar-refractivity contribution in [3.05, 3.63) is 32.5 Å². The molecule has 0 aromatic heterocycles. The van der Waals surface area contributed by atoms with E-state index in [0.29, 0.717) is 24.7 Å². The molecule has 0 spiro atoms. The molecule has 1 heterocycles. The van der Waals surface area contributed by atoms with Crippen molar-refractivity contribution in [3.63, 3.8) is 0 Å². The van der Waals surface area contributed by atoms with Crippen molar-refractivity contribution in [1.29, 1.82) is 0 Å². The number of hydrogen-bond acceptors (Lipinski definition) is 4. The summed E-state index contributed by atoms with van der Waals surface area (Å²) in [5.74, 6) is -0.0315. The number of hydrogen-bond donors (Lipinski definition) is 1. The SMILES string of the molecule is CCC1CCN(c2cc(Br)c(F)cc2[N+](=O)[O-])C(CN)C1. The molecule has 21 heavy (non-hydrogen) atoms. The summed E-state index contributed by atoms with van der Waals surface area (Å²) >= 11 is 3.11. The van der Waals surface area contributed by atoms with Crippen molar-refractivity contribution in [1.82, 2.24) is 0 Å². The van der Waals surface area contributed by atoms with E-state index in [1.54, 1.807) is 0 Å². The van der Waals surface area contributed by atoms with Gasteiger partial charge in [-0.3, -0.25) is 10.1 Å². The molecule has 1 fully saturated rings. The van der Waals surface area contributed by atoms with Gasteiger partial charge in [0.2, 0.25) is 0 Å². The van der Waals surface area contributed by atoms with Crippen LogP contribution in [0.5, 0.6) is 0 Å². The fourth-order valence-corrected chi connectivity index (χ4v) is 3.28. The van der Waals surface area contributed by atoms with E-state index >= 15 is 0 Å². The van der Waals surface area contributed by atoms with E-state index < -0.39 is 10.7 Å². The van der Waals surface area contributed by atoms with Crippen LogP contribution in [0.3, 0.4) is 0 Å². The summed E-state index contributed by atoms with van der Waals surface area (Å²) in [6.45, 7) is 3.28. The average molecular weight is 360 g/mol. The van der Waals surface area contributed by atoms with Gasteiger partial charge in [-0.1, -0.05) is 13.3 Å². The van der Waals surface area contributed by atoms with Crippen LogP contribution in [0, 0.1) is 21.8 Å². The van der Waals surface area contributed by atoms with Crippen LogP contribution >= 0.6 is 15.9 Å². The molecule has 2 N–H and O–H groups in total. The number of nitro benzene ring substituents is 1. The van der Waals surface area contributed by atoms with Gasteiger partial charge < -0.3 is 10.6 Å². The Balaban J connectivity index is 2.40. The van der Waals surface area contributed by atoms with Gasteiger partial charge in [-0.2, -0.15) is 0 Å². The molecule has 1 aromatic rings. The minimum absolute atomic E-state index is 0.0553. The van der Waals surface area contributed by atoms with Crippen molar-refractivity contribution in [3.8, 4) is 0 Å². The maximum atomic E-state index is 13.6. The van der Waals surface area contributed by atoms with Crippen LogP contribution < -0.4 is 10.6 Å². The van der Waals surface area contributed by atoms with Crippen molar-refractivity contribution >= 4 is 27.3 Å². The summed E-state index contributed by atoms with van der Waals surface area (Å²) in [4.78, 5) is 12.6. The average Bonchev–Trinajstić information content (AvgIpc) is 2.48. The molecule has 7 heteroatoms. The number of anilines is 1. The Hall–Kier alpha value is -1.21. The largest absolute Gasteiger partial charge is 0.362 e. The Kier molecular flexibility index (Phi) is 5.16. The quantitative estimate of drug-likeness (QED) is 0.659. The monoisotopic (exact) mass is 359 g/mol. The highest BCUT2D eigenvalue weighted by molar-refractivity contribution is 9.10. The van der Waals surface area contributed by atoms with Crippen LogP contribution in [0.1, 0.15) is 26.2 Å². The van der Waals surface area contributed by atoms with Crippen LogP contribution in [0.2, 0.25) is 0 Å². The summed E-state index contributed by atoms with van der Waals surface area (Å²) in [6.07, 6.45) is 2.97. The van der Waals surface area contributed by atoms with E-state index in [1.165, 1.54) is 6.07 Å². The van der Waals surface area contributed by atoms with Gasteiger partial charge in [-0.25, -0.2) is 4.39 Å². The van der Waals surface area contributed by atoms with E-state index in [9.17, 15) is 14.5 Å². The molecule has 0 aliphatic carbocycles. The lowest BCUT2D eigenvalue weighted by Gasteiger charge is -2.40. The van der Waals surface area contributed by atoms with Gasteiger partial charge in [-0.15, -0.1) is 0 Å². The highest BCUT2D eigenvalue weighted by Crippen LogP contribution is 2.37. The summed E-state index contributed by atoms with van der Waals surface area (Å²) in [7, 11) is 0. The topological polar surface area (TPSA) is 72.4 Å². The molecule has 1 saturated heterocycles. The number of rotatable bonds is 4. The van der Waals surface area contributed by atoms with Gasteiger partial charge in [0.1, 0.15) is 11.5 Å². The van der Waals surface area contributed by atoms with Crippen molar-refractivity contribution < 1.29 is 9.31 Å². The van der Waals surface area contributed by atoms with E-state index in [4.69, 9.17) is 5.73 Å². The number of nitro groups is 1. The van der Waals surface area contributed by atoms with E-state index in [2.05, 4.69) is 22.9 Å². The molecule has 1 aliphatic heterocycles. The molecule has 2 unspecified atom stereocenters. The summed E-state index contributed by atoms with van der Waals surface area (Å²) in [5.41, 5.74) is 6.08. The highest BCUT2D eigenvalue weighted by Gasteiger charge is 2.31. The second kappa shape index (κ2) is 6.70. The van der Waals surface area contributed by atoms with Crippen LogP contribution in [0.15, 0.2) is 16.6 Å². The van der Waals surface area contributed by atoms with Crippen molar-refractivity contribution in [2.75, 3.05) is 18.0 Å². The van der Waals surface area contributed by atoms with Crippen LogP contribution in [-0.2, 0) is 0 Å². The molecule has 0 saturated carbocycles. The molecule has 2 atom stereocenters. The lowest BCUT2D eigenvalue weighted by atomic mass is 9.88.